The SMILES string of the molecule is C=C=C(C)C1(c2ccc(F)cc2F)OC(=O)N(Nc2ccccc2)C1=O. The Balaban J connectivity index is 2.10. The van der Waals surface area contributed by atoms with E-state index in [4.69, 9.17) is 4.74 Å². The maximum Gasteiger partial charge on any atom is 0.437 e. The molecule has 5 nitrogen and oxygen atoms in total. The first-order valence-corrected chi connectivity index (χ1v) is 7.62. The standard InChI is InChI=1S/C19H14F2N2O3/c1-3-12(2)19(15-10-9-13(20)11-16(15)21)17(24)23(18(25)26-19)22-14-7-5-4-6-8-14/h4-11,22H,1H2,2H3. The molecule has 1 fully saturated rings. The van der Waals surface area contributed by atoms with Crippen molar-refractivity contribution in [3.63, 3.8) is 0 Å². The average molecular weight is 356 g/mol. The zero-order valence-electron chi connectivity index (χ0n) is 13.8. The Hall–Kier alpha value is -3.44. The zero-order valence-corrected chi connectivity index (χ0v) is 13.8. The van der Waals surface area contributed by atoms with Gasteiger partial charge in [-0.3, -0.25) is 10.2 Å². The number of amides is 2. The number of anilines is 1. The molecular formula is C19H14F2N2O3. The van der Waals surface area contributed by atoms with E-state index >= 15 is 0 Å². The molecule has 0 spiro atoms. The molecule has 0 aromatic heterocycles. The molecule has 1 aliphatic rings. The van der Waals surface area contributed by atoms with E-state index in [2.05, 4.69) is 17.7 Å². The van der Waals surface area contributed by atoms with Gasteiger partial charge in [0.15, 0.2) is 0 Å². The van der Waals surface area contributed by atoms with Gasteiger partial charge in [-0.2, -0.15) is 0 Å². The molecule has 3 rings (SSSR count). The van der Waals surface area contributed by atoms with Gasteiger partial charge in [0.2, 0.25) is 5.60 Å². The van der Waals surface area contributed by atoms with E-state index in [0.717, 1.165) is 12.1 Å². The highest BCUT2D eigenvalue weighted by Crippen LogP contribution is 2.41. The third-order valence-electron chi connectivity index (χ3n) is 4.05. The van der Waals surface area contributed by atoms with Gasteiger partial charge in [-0.25, -0.2) is 13.6 Å². The first-order chi connectivity index (χ1) is 12.4. The summed E-state index contributed by atoms with van der Waals surface area (Å²) >= 11 is 0. The normalized spacial score (nSPS) is 19.1. The number of nitrogens with one attached hydrogen (secondary N) is 1. The Labute approximate surface area is 148 Å². The molecule has 1 heterocycles. The van der Waals surface area contributed by atoms with Crippen LogP contribution in [0.2, 0.25) is 0 Å². The number of benzene rings is 2. The van der Waals surface area contributed by atoms with Gasteiger partial charge in [-0.05, 0) is 31.2 Å². The number of hydrogen-bond donors (Lipinski definition) is 1. The van der Waals surface area contributed by atoms with Crippen LogP contribution in [0.1, 0.15) is 12.5 Å². The van der Waals surface area contributed by atoms with Gasteiger partial charge in [0.1, 0.15) is 11.6 Å². The minimum Gasteiger partial charge on any atom is -0.421 e. The highest BCUT2D eigenvalue weighted by atomic mass is 19.1. The first-order valence-electron chi connectivity index (χ1n) is 7.62. The Morgan fingerprint density at radius 1 is 1.19 bits per heavy atom. The summed E-state index contributed by atoms with van der Waals surface area (Å²) in [6.07, 6.45) is -1.03. The van der Waals surface area contributed by atoms with Crippen molar-refractivity contribution in [2.75, 3.05) is 5.43 Å². The van der Waals surface area contributed by atoms with Gasteiger partial charge in [-0.15, -0.1) is 10.7 Å². The van der Waals surface area contributed by atoms with Crippen LogP contribution in [-0.2, 0) is 15.1 Å². The summed E-state index contributed by atoms with van der Waals surface area (Å²) in [5.41, 5.74) is 3.21. The zero-order chi connectivity index (χ0) is 18.9. The fourth-order valence-electron chi connectivity index (χ4n) is 2.71. The number of para-hydroxylation sites is 1. The molecule has 1 atom stereocenters. The van der Waals surface area contributed by atoms with Crippen LogP contribution >= 0.6 is 0 Å². The van der Waals surface area contributed by atoms with E-state index in [0.29, 0.717) is 16.8 Å². The molecule has 0 bridgehead atoms. The van der Waals surface area contributed by atoms with Crippen molar-refractivity contribution in [1.82, 2.24) is 5.01 Å². The summed E-state index contributed by atoms with van der Waals surface area (Å²) in [5.74, 6) is -2.73. The largest absolute Gasteiger partial charge is 0.437 e. The van der Waals surface area contributed by atoms with E-state index in [1.807, 2.05) is 0 Å². The van der Waals surface area contributed by atoms with Gasteiger partial charge in [-0.1, -0.05) is 24.8 Å². The predicted octanol–water partition coefficient (Wildman–Crippen LogP) is 3.90. The molecule has 2 amide bonds. The summed E-state index contributed by atoms with van der Waals surface area (Å²) in [5, 5.41) is 0.638. The predicted molar refractivity (Wildman–Crippen MR) is 89.8 cm³/mol. The fraction of sp³-hybridized carbons (Fsp3) is 0.105. The second-order valence-electron chi connectivity index (χ2n) is 5.59. The lowest BCUT2D eigenvalue weighted by molar-refractivity contribution is -0.134. The monoisotopic (exact) mass is 356 g/mol. The highest BCUT2D eigenvalue weighted by Gasteiger charge is 2.58. The van der Waals surface area contributed by atoms with Crippen molar-refractivity contribution in [3.05, 3.63) is 83.6 Å². The van der Waals surface area contributed by atoms with Crippen molar-refractivity contribution in [1.29, 1.82) is 0 Å². The number of halogens is 2. The number of imide groups is 1. The van der Waals surface area contributed by atoms with Gasteiger partial charge in [0, 0.05) is 17.2 Å². The Kier molecular flexibility index (Phi) is 4.32. The molecule has 2 aromatic carbocycles. The molecule has 1 unspecified atom stereocenters. The van der Waals surface area contributed by atoms with Crippen molar-refractivity contribution >= 4 is 17.7 Å². The molecule has 132 valence electrons. The number of nitrogens with zero attached hydrogens (tertiary/aromatic N) is 1. The summed E-state index contributed by atoms with van der Waals surface area (Å²) in [6, 6.07) is 11.1. The molecule has 1 saturated heterocycles. The van der Waals surface area contributed by atoms with Crippen LogP contribution in [0.25, 0.3) is 0 Å². The lowest BCUT2D eigenvalue weighted by Gasteiger charge is -2.25. The van der Waals surface area contributed by atoms with Gasteiger partial charge in [0.05, 0.1) is 5.69 Å². The fourth-order valence-corrected chi connectivity index (χ4v) is 2.71. The van der Waals surface area contributed by atoms with Crippen LogP contribution in [0.5, 0.6) is 0 Å². The Bertz CT molecular complexity index is 939. The Morgan fingerprint density at radius 3 is 2.50 bits per heavy atom. The highest BCUT2D eigenvalue weighted by molar-refractivity contribution is 6.06. The quantitative estimate of drug-likeness (QED) is 0.844. The third kappa shape index (κ3) is 2.64. The van der Waals surface area contributed by atoms with Gasteiger partial charge < -0.3 is 4.74 Å². The van der Waals surface area contributed by atoms with E-state index in [1.165, 1.54) is 6.92 Å². The van der Waals surface area contributed by atoms with E-state index in [9.17, 15) is 18.4 Å². The molecule has 0 saturated carbocycles. The third-order valence-corrected chi connectivity index (χ3v) is 4.05. The molecule has 1 aliphatic heterocycles. The summed E-state index contributed by atoms with van der Waals surface area (Å²) in [7, 11) is 0. The molecule has 1 N–H and O–H groups in total. The van der Waals surface area contributed by atoms with Crippen LogP contribution < -0.4 is 5.43 Å². The summed E-state index contributed by atoms with van der Waals surface area (Å²) < 4.78 is 33.0. The average Bonchev–Trinajstić information content (AvgIpc) is 2.87. The number of hydrogen-bond acceptors (Lipinski definition) is 4. The van der Waals surface area contributed by atoms with E-state index in [1.54, 1.807) is 30.3 Å². The molecular weight excluding hydrogens is 342 g/mol. The van der Waals surface area contributed by atoms with Crippen molar-refractivity contribution in [2.24, 2.45) is 0 Å². The van der Waals surface area contributed by atoms with Crippen LogP contribution in [0.4, 0.5) is 19.3 Å². The maximum atomic E-state index is 14.4. The molecule has 7 heteroatoms. The van der Waals surface area contributed by atoms with Crippen LogP contribution in [0.15, 0.2) is 66.4 Å². The number of ether oxygens (including phenoxy) is 1. The van der Waals surface area contributed by atoms with Gasteiger partial charge in [0.25, 0.3) is 0 Å². The van der Waals surface area contributed by atoms with Crippen LogP contribution in [0, 0.1) is 11.6 Å². The lowest BCUT2D eigenvalue weighted by Crippen LogP contribution is -2.42. The topological polar surface area (TPSA) is 58.6 Å². The lowest BCUT2D eigenvalue weighted by atomic mass is 9.86. The number of rotatable bonds is 4. The summed E-state index contributed by atoms with van der Waals surface area (Å²) in [6.45, 7) is 4.87. The van der Waals surface area contributed by atoms with E-state index in [-0.39, 0.29) is 11.1 Å². The maximum absolute atomic E-state index is 14.4. The van der Waals surface area contributed by atoms with Crippen molar-refractivity contribution in [3.8, 4) is 0 Å². The molecule has 26 heavy (non-hydrogen) atoms. The number of hydrazine groups is 1. The minimum atomic E-state index is -2.11. The second-order valence-corrected chi connectivity index (χ2v) is 5.59. The molecule has 0 aliphatic carbocycles. The van der Waals surface area contributed by atoms with E-state index < -0.39 is 29.2 Å². The minimum absolute atomic E-state index is 0.0683. The Morgan fingerprint density at radius 2 is 1.88 bits per heavy atom. The van der Waals surface area contributed by atoms with Crippen molar-refractivity contribution in [2.45, 2.75) is 12.5 Å². The second kappa shape index (κ2) is 6.46. The van der Waals surface area contributed by atoms with Crippen LogP contribution in [-0.4, -0.2) is 17.0 Å². The van der Waals surface area contributed by atoms with Crippen molar-refractivity contribution < 1.29 is 23.1 Å². The summed E-state index contributed by atoms with van der Waals surface area (Å²) in [4.78, 5) is 25.4. The number of carbonyl (C=O) groups is 2. The number of cyclic esters (lactones) is 1. The smallest absolute Gasteiger partial charge is 0.421 e. The molecule has 2 aromatic rings. The first kappa shape index (κ1) is 17.4. The van der Waals surface area contributed by atoms with Crippen LogP contribution in [0.3, 0.4) is 0 Å². The molecule has 0 radical (unpaired) electrons. The van der Waals surface area contributed by atoms with Gasteiger partial charge >= 0.3 is 12.0 Å². The number of carbonyl (C=O) groups excluding carboxylic acids is 2.